The second-order valence-electron chi connectivity index (χ2n) is 6.06. The molecular weight excluding hydrogens is 322 g/mol. The topological polar surface area (TPSA) is 112 Å². The van der Waals surface area contributed by atoms with Crippen molar-refractivity contribution in [3.8, 4) is 11.4 Å². The highest BCUT2D eigenvalue weighted by atomic mass is 16.5. The first-order valence-corrected chi connectivity index (χ1v) is 7.95. The molecule has 0 aliphatic heterocycles. The van der Waals surface area contributed by atoms with Gasteiger partial charge in [-0.05, 0) is 23.3 Å². The molecule has 0 saturated heterocycles. The number of tetrazole rings is 1. The first-order chi connectivity index (χ1) is 12.0. The number of aromatic nitrogens is 6. The van der Waals surface area contributed by atoms with E-state index in [0.29, 0.717) is 29.0 Å². The summed E-state index contributed by atoms with van der Waals surface area (Å²) in [5, 5.41) is 18.5. The molecule has 0 aliphatic rings. The van der Waals surface area contributed by atoms with Gasteiger partial charge in [-0.3, -0.25) is 4.79 Å². The molecule has 0 bridgehead atoms. The summed E-state index contributed by atoms with van der Waals surface area (Å²) < 4.78 is 5.15. The monoisotopic (exact) mass is 341 g/mol. The van der Waals surface area contributed by atoms with E-state index in [-0.39, 0.29) is 12.5 Å². The number of nitrogens with zero attached hydrogens (tertiary/aromatic N) is 6. The molecule has 1 N–H and O–H groups in total. The van der Waals surface area contributed by atoms with E-state index in [9.17, 15) is 4.79 Å². The average molecular weight is 341 g/mol. The molecule has 0 radical (unpaired) electrons. The first-order valence-electron chi connectivity index (χ1n) is 7.95. The Hall–Kier alpha value is -3.10. The molecule has 0 unspecified atom stereocenters. The molecule has 0 atom stereocenters. The highest BCUT2D eigenvalue weighted by Crippen LogP contribution is 2.14. The number of amides is 1. The summed E-state index contributed by atoms with van der Waals surface area (Å²) in [5.41, 5.74) is 1.32. The number of carbonyl (C=O) groups is 1. The molecule has 1 amide bonds. The molecule has 0 saturated carbocycles. The third-order valence-corrected chi connectivity index (χ3v) is 3.41. The van der Waals surface area contributed by atoms with E-state index in [4.69, 9.17) is 4.52 Å². The van der Waals surface area contributed by atoms with E-state index >= 15 is 0 Å². The van der Waals surface area contributed by atoms with Crippen LogP contribution in [0.2, 0.25) is 0 Å². The standard InChI is InChI=1S/C16H19N7O2/c1-10(2)8-14-18-13(21-25-14)9-17-16(24)12-6-4-11(5-7-12)15-19-22-23(3)20-15/h4-7,10H,8-9H2,1-3H3,(H,17,24). The summed E-state index contributed by atoms with van der Waals surface area (Å²) in [6.07, 6.45) is 0.721. The van der Waals surface area contributed by atoms with Crippen molar-refractivity contribution in [2.45, 2.75) is 26.8 Å². The van der Waals surface area contributed by atoms with E-state index in [1.807, 2.05) is 0 Å². The third-order valence-electron chi connectivity index (χ3n) is 3.41. The van der Waals surface area contributed by atoms with E-state index < -0.39 is 0 Å². The number of rotatable bonds is 6. The van der Waals surface area contributed by atoms with Crippen LogP contribution in [0.15, 0.2) is 28.8 Å². The summed E-state index contributed by atoms with van der Waals surface area (Å²) in [6, 6.07) is 6.98. The number of nitrogens with one attached hydrogen (secondary N) is 1. The fourth-order valence-corrected chi connectivity index (χ4v) is 2.23. The van der Waals surface area contributed by atoms with Gasteiger partial charge in [0.1, 0.15) is 0 Å². The van der Waals surface area contributed by atoms with Gasteiger partial charge in [-0.2, -0.15) is 9.78 Å². The van der Waals surface area contributed by atoms with Gasteiger partial charge in [0.2, 0.25) is 11.7 Å². The molecule has 0 aliphatic carbocycles. The predicted molar refractivity (Wildman–Crippen MR) is 88.2 cm³/mol. The maximum absolute atomic E-state index is 12.2. The maximum Gasteiger partial charge on any atom is 0.251 e. The minimum atomic E-state index is -0.214. The van der Waals surface area contributed by atoms with Crippen LogP contribution in [-0.4, -0.2) is 36.3 Å². The van der Waals surface area contributed by atoms with Gasteiger partial charge in [0.25, 0.3) is 5.91 Å². The lowest BCUT2D eigenvalue weighted by Gasteiger charge is -2.03. The highest BCUT2D eigenvalue weighted by Gasteiger charge is 2.11. The van der Waals surface area contributed by atoms with Crippen LogP contribution in [0, 0.1) is 5.92 Å². The molecule has 3 aromatic rings. The SMILES string of the molecule is CC(C)Cc1nc(CNC(=O)c2ccc(-c3nnn(C)n3)cc2)no1. The largest absolute Gasteiger partial charge is 0.345 e. The second-order valence-corrected chi connectivity index (χ2v) is 6.06. The van der Waals surface area contributed by atoms with Crippen molar-refractivity contribution in [2.24, 2.45) is 13.0 Å². The van der Waals surface area contributed by atoms with Crippen molar-refractivity contribution in [3.63, 3.8) is 0 Å². The molecule has 0 fully saturated rings. The van der Waals surface area contributed by atoms with Crippen LogP contribution in [0.1, 0.15) is 35.9 Å². The van der Waals surface area contributed by atoms with Crippen LogP contribution in [0.5, 0.6) is 0 Å². The third kappa shape index (κ3) is 4.25. The van der Waals surface area contributed by atoms with Crippen LogP contribution in [-0.2, 0) is 20.0 Å². The highest BCUT2D eigenvalue weighted by molar-refractivity contribution is 5.94. The van der Waals surface area contributed by atoms with Gasteiger partial charge in [0.05, 0.1) is 13.6 Å². The molecule has 2 heterocycles. The summed E-state index contributed by atoms with van der Waals surface area (Å²) in [4.78, 5) is 17.8. The quantitative estimate of drug-likeness (QED) is 0.721. The molecule has 9 heteroatoms. The molecule has 130 valence electrons. The Morgan fingerprint density at radius 3 is 2.68 bits per heavy atom. The molecule has 3 rings (SSSR count). The first kappa shape index (κ1) is 16.7. The van der Waals surface area contributed by atoms with E-state index in [1.165, 1.54) is 4.80 Å². The number of aryl methyl sites for hydroxylation is 1. The van der Waals surface area contributed by atoms with Crippen molar-refractivity contribution >= 4 is 5.91 Å². The molecule has 25 heavy (non-hydrogen) atoms. The zero-order chi connectivity index (χ0) is 17.8. The summed E-state index contributed by atoms with van der Waals surface area (Å²) >= 11 is 0. The molecule has 2 aromatic heterocycles. The summed E-state index contributed by atoms with van der Waals surface area (Å²) in [6.45, 7) is 4.37. The van der Waals surface area contributed by atoms with Crippen LogP contribution in [0.3, 0.4) is 0 Å². The number of hydrogen-bond donors (Lipinski definition) is 1. The van der Waals surface area contributed by atoms with Gasteiger partial charge < -0.3 is 9.84 Å². The molecule has 1 aromatic carbocycles. The minimum Gasteiger partial charge on any atom is -0.345 e. The van der Waals surface area contributed by atoms with Crippen molar-refractivity contribution in [1.82, 2.24) is 35.7 Å². The summed E-state index contributed by atoms with van der Waals surface area (Å²) in [5.74, 6) is 1.78. The van der Waals surface area contributed by atoms with Gasteiger partial charge in [0, 0.05) is 17.5 Å². The zero-order valence-corrected chi connectivity index (χ0v) is 14.3. The maximum atomic E-state index is 12.2. The Morgan fingerprint density at radius 2 is 2.04 bits per heavy atom. The van der Waals surface area contributed by atoms with E-state index in [0.717, 1.165) is 12.0 Å². The van der Waals surface area contributed by atoms with Crippen LogP contribution in [0.4, 0.5) is 0 Å². The lowest BCUT2D eigenvalue weighted by Crippen LogP contribution is -2.23. The molecule has 9 nitrogen and oxygen atoms in total. The fourth-order valence-electron chi connectivity index (χ4n) is 2.23. The van der Waals surface area contributed by atoms with Gasteiger partial charge in [0.15, 0.2) is 5.82 Å². The minimum absolute atomic E-state index is 0.214. The van der Waals surface area contributed by atoms with Gasteiger partial charge >= 0.3 is 0 Å². The number of carbonyl (C=O) groups excluding carboxylic acids is 1. The fraction of sp³-hybridized carbons (Fsp3) is 0.375. The Labute approximate surface area is 144 Å². The smallest absolute Gasteiger partial charge is 0.251 e. The Morgan fingerprint density at radius 1 is 1.28 bits per heavy atom. The van der Waals surface area contributed by atoms with Crippen molar-refractivity contribution in [1.29, 1.82) is 0 Å². The lowest BCUT2D eigenvalue weighted by molar-refractivity contribution is 0.0949. The normalized spacial score (nSPS) is 11.0. The van der Waals surface area contributed by atoms with Crippen molar-refractivity contribution in [3.05, 3.63) is 41.5 Å². The number of benzene rings is 1. The van der Waals surface area contributed by atoms with Gasteiger partial charge in [-0.25, -0.2) is 0 Å². The Kier molecular flexibility index (Phi) is 4.82. The second kappa shape index (κ2) is 7.20. The van der Waals surface area contributed by atoms with Gasteiger partial charge in [-0.15, -0.1) is 10.2 Å². The van der Waals surface area contributed by atoms with Crippen LogP contribution in [0.25, 0.3) is 11.4 Å². The van der Waals surface area contributed by atoms with Crippen LogP contribution >= 0.6 is 0 Å². The Bertz CT molecular complexity index is 852. The average Bonchev–Trinajstić information content (AvgIpc) is 3.21. The van der Waals surface area contributed by atoms with E-state index in [1.54, 1.807) is 31.3 Å². The van der Waals surface area contributed by atoms with Gasteiger partial charge in [-0.1, -0.05) is 31.1 Å². The lowest BCUT2D eigenvalue weighted by atomic mass is 10.1. The van der Waals surface area contributed by atoms with E-state index in [2.05, 4.69) is 44.7 Å². The molecular formula is C16H19N7O2. The summed E-state index contributed by atoms with van der Waals surface area (Å²) in [7, 11) is 1.70. The Balaban J connectivity index is 1.58. The van der Waals surface area contributed by atoms with Crippen molar-refractivity contribution < 1.29 is 9.32 Å². The van der Waals surface area contributed by atoms with Crippen molar-refractivity contribution in [2.75, 3.05) is 0 Å². The number of hydrogen-bond acceptors (Lipinski definition) is 7. The van der Waals surface area contributed by atoms with Crippen LogP contribution < -0.4 is 5.32 Å². The predicted octanol–water partition coefficient (Wildman–Crippen LogP) is 1.39. The zero-order valence-electron chi connectivity index (χ0n) is 14.3. The molecule has 0 spiro atoms.